The maximum Gasteiger partial charge on any atom is 0.222 e. The second kappa shape index (κ2) is 9.33. The number of ether oxygens (including phenoxy) is 2. The fraction of sp³-hybridized carbons (Fsp3) is 0.600. The van der Waals surface area contributed by atoms with Gasteiger partial charge in [-0.3, -0.25) is 4.79 Å². The smallest absolute Gasteiger partial charge is 0.222 e. The lowest BCUT2D eigenvalue weighted by atomic mass is 9.53. The molecule has 2 saturated carbocycles. The third-order valence-electron chi connectivity index (χ3n) is 7.15. The number of amides is 1. The number of carbonyl (C=O) groups is 1. The fourth-order valence-electron chi connectivity index (χ4n) is 5.67. The third kappa shape index (κ3) is 4.30. The molecule has 1 N–H and O–H groups in total. The number of rotatable bonds is 8. The van der Waals surface area contributed by atoms with E-state index in [0.717, 1.165) is 17.3 Å². The molecule has 4 atom stereocenters. The van der Waals surface area contributed by atoms with Crippen molar-refractivity contribution >= 4 is 5.91 Å². The number of benzene rings is 1. The van der Waals surface area contributed by atoms with Crippen LogP contribution in [0.15, 0.2) is 30.6 Å². The van der Waals surface area contributed by atoms with Crippen molar-refractivity contribution in [2.24, 2.45) is 11.8 Å². The first-order valence-corrected chi connectivity index (χ1v) is 11.6. The highest BCUT2D eigenvalue weighted by Crippen LogP contribution is 2.55. The Balaban J connectivity index is 1.46. The zero-order valence-electron chi connectivity index (χ0n) is 19.1. The molecular formula is C25H35N3O3. The molecular weight excluding hydrogens is 390 g/mol. The van der Waals surface area contributed by atoms with E-state index >= 15 is 0 Å². The number of nitrogens with zero attached hydrogens (tertiary/aromatic N) is 2. The second-order valence-electron chi connectivity index (χ2n) is 9.23. The van der Waals surface area contributed by atoms with Crippen LogP contribution in [0.5, 0.6) is 11.5 Å². The predicted molar refractivity (Wildman–Crippen MR) is 121 cm³/mol. The maximum atomic E-state index is 12.9. The molecule has 1 amide bonds. The lowest BCUT2D eigenvalue weighted by molar-refractivity contribution is -0.125. The monoisotopic (exact) mass is 425 g/mol. The Labute approximate surface area is 185 Å². The number of hydrogen-bond acceptors (Lipinski definition) is 4. The van der Waals surface area contributed by atoms with Crippen LogP contribution in [0.2, 0.25) is 0 Å². The van der Waals surface area contributed by atoms with Gasteiger partial charge in [0.1, 0.15) is 5.82 Å². The number of aromatic nitrogens is 2. The summed E-state index contributed by atoms with van der Waals surface area (Å²) >= 11 is 0. The van der Waals surface area contributed by atoms with Crippen LogP contribution < -0.4 is 14.8 Å². The zero-order valence-corrected chi connectivity index (χ0v) is 19.1. The number of aryl methyl sites for hydroxylation is 1. The molecule has 4 rings (SSSR count). The lowest BCUT2D eigenvalue weighted by Gasteiger charge is -2.55. The Hall–Kier alpha value is -2.50. The molecule has 0 bridgehead atoms. The Bertz CT molecular complexity index is 907. The van der Waals surface area contributed by atoms with Crippen LogP contribution in [-0.2, 0) is 11.3 Å². The van der Waals surface area contributed by atoms with Crippen molar-refractivity contribution in [3.8, 4) is 11.5 Å². The Kier molecular flexibility index (Phi) is 6.54. The number of methoxy groups -OCH3 is 2. The predicted octanol–water partition coefficient (Wildman–Crippen LogP) is 4.50. The minimum atomic E-state index is 0.128. The van der Waals surface area contributed by atoms with Gasteiger partial charge in [-0.1, -0.05) is 32.8 Å². The van der Waals surface area contributed by atoms with E-state index in [0.29, 0.717) is 36.6 Å². The van der Waals surface area contributed by atoms with Gasteiger partial charge in [-0.2, -0.15) is 0 Å². The minimum Gasteiger partial charge on any atom is -0.493 e. The molecule has 0 saturated heterocycles. The largest absolute Gasteiger partial charge is 0.493 e. The summed E-state index contributed by atoms with van der Waals surface area (Å²) in [5, 5.41) is 3.40. The lowest BCUT2D eigenvalue weighted by Crippen LogP contribution is -2.59. The molecule has 0 aliphatic heterocycles. The molecule has 31 heavy (non-hydrogen) atoms. The van der Waals surface area contributed by atoms with Crippen molar-refractivity contribution in [2.45, 2.75) is 70.4 Å². The number of fused-ring (bicyclic) bond motifs is 1. The van der Waals surface area contributed by atoms with Crippen LogP contribution >= 0.6 is 0 Å². The zero-order chi connectivity index (χ0) is 22.0. The molecule has 2 fully saturated rings. The van der Waals surface area contributed by atoms with Gasteiger partial charge in [0.05, 0.1) is 14.2 Å². The number of hydrogen-bond donors (Lipinski definition) is 1. The van der Waals surface area contributed by atoms with E-state index in [1.807, 2.05) is 18.5 Å². The van der Waals surface area contributed by atoms with E-state index in [1.54, 1.807) is 14.2 Å². The van der Waals surface area contributed by atoms with E-state index in [1.165, 1.54) is 31.2 Å². The summed E-state index contributed by atoms with van der Waals surface area (Å²) in [6, 6.07) is 6.41. The highest BCUT2D eigenvalue weighted by atomic mass is 16.5. The van der Waals surface area contributed by atoms with Gasteiger partial charge >= 0.3 is 0 Å². The van der Waals surface area contributed by atoms with Crippen LogP contribution in [0, 0.1) is 11.8 Å². The van der Waals surface area contributed by atoms with Crippen LogP contribution in [-0.4, -0.2) is 35.7 Å². The van der Waals surface area contributed by atoms with Gasteiger partial charge in [-0.05, 0) is 42.4 Å². The molecule has 6 nitrogen and oxygen atoms in total. The number of carbonyl (C=O) groups excluding carboxylic acids is 1. The van der Waals surface area contributed by atoms with Gasteiger partial charge in [-0.15, -0.1) is 0 Å². The molecule has 1 aromatic heterocycles. The SMILES string of the molecule is COc1ccc([C@H]2[C@H]3CCCC[C@H]3[C@@H]2NC(=O)CCn2ccnc2C(C)C)cc1OC. The van der Waals surface area contributed by atoms with Crippen molar-refractivity contribution in [2.75, 3.05) is 14.2 Å². The molecule has 2 aliphatic carbocycles. The quantitative estimate of drug-likeness (QED) is 0.676. The summed E-state index contributed by atoms with van der Waals surface area (Å²) in [5.41, 5.74) is 1.24. The Morgan fingerprint density at radius 2 is 1.90 bits per heavy atom. The van der Waals surface area contributed by atoms with E-state index in [9.17, 15) is 4.79 Å². The third-order valence-corrected chi connectivity index (χ3v) is 7.15. The van der Waals surface area contributed by atoms with Crippen molar-refractivity contribution in [3.05, 3.63) is 42.0 Å². The van der Waals surface area contributed by atoms with E-state index < -0.39 is 0 Å². The molecule has 2 aliphatic rings. The summed E-state index contributed by atoms with van der Waals surface area (Å²) in [5.74, 6) is 4.57. The topological polar surface area (TPSA) is 65.4 Å². The molecule has 1 aromatic carbocycles. The van der Waals surface area contributed by atoms with E-state index in [2.05, 4.69) is 40.8 Å². The van der Waals surface area contributed by atoms with Gasteiger partial charge in [-0.25, -0.2) is 4.98 Å². The summed E-state index contributed by atoms with van der Waals surface area (Å²) in [7, 11) is 3.33. The van der Waals surface area contributed by atoms with Crippen molar-refractivity contribution < 1.29 is 14.3 Å². The van der Waals surface area contributed by atoms with Gasteiger partial charge in [0.2, 0.25) is 5.91 Å². The highest BCUT2D eigenvalue weighted by molar-refractivity contribution is 5.76. The first kappa shape index (κ1) is 21.7. The molecule has 1 heterocycles. The van der Waals surface area contributed by atoms with Gasteiger partial charge in [0.25, 0.3) is 0 Å². The Morgan fingerprint density at radius 3 is 2.61 bits per heavy atom. The summed E-state index contributed by atoms with van der Waals surface area (Å²) in [6.45, 7) is 4.93. The number of imidazole rings is 1. The molecule has 6 heteroatoms. The van der Waals surface area contributed by atoms with Crippen LogP contribution in [0.1, 0.15) is 69.2 Å². The summed E-state index contributed by atoms with van der Waals surface area (Å²) in [4.78, 5) is 17.3. The van der Waals surface area contributed by atoms with E-state index in [-0.39, 0.29) is 11.9 Å². The summed E-state index contributed by atoms with van der Waals surface area (Å²) < 4.78 is 13.0. The van der Waals surface area contributed by atoms with Crippen molar-refractivity contribution in [3.63, 3.8) is 0 Å². The van der Waals surface area contributed by atoms with Gasteiger partial charge < -0.3 is 19.4 Å². The first-order valence-electron chi connectivity index (χ1n) is 11.6. The van der Waals surface area contributed by atoms with Crippen molar-refractivity contribution in [1.29, 1.82) is 0 Å². The fourth-order valence-corrected chi connectivity index (χ4v) is 5.67. The molecule has 2 aromatic rings. The van der Waals surface area contributed by atoms with Gasteiger partial charge in [0, 0.05) is 43.2 Å². The average Bonchev–Trinajstić information content (AvgIpc) is 3.25. The Morgan fingerprint density at radius 1 is 1.16 bits per heavy atom. The van der Waals surface area contributed by atoms with Crippen molar-refractivity contribution in [1.82, 2.24) is 14.9 Å². The molecule has 0 radical (unpaired) electrons. The first-order chi connectivity index (χ1) is 15.0. The highest BCUT2D eigenvalue weighted by Gasteiger charge is 2.51. The average molecular weight is 426 g/mol. The van der Waals surface area contributed by atoms with Crippen LogP contribution in [0.4, 0.5) is 0 Å². The normalized spacial score (nSPS) is 24.9. The second-order valence-corrected chi connectivity index (χ2v) is 9.23. The molecule has 0 unspecified atom stereocenters. The number of nitrogens with one attached hydrogen (secondary N) is 1. The van der Waals surface area contributed by atoms with Crippen LogP contribution in [0.3, 0.4) is 0 Å². The van der Waals surface area contributed by atoms with Crippen LogP contribution in [0.25, 0.3) is 0 Å². The molecule has 0 spiro atoms. The summed E-state index contributed by atoms with van der Waals surface area (Å²) in [6.07, 6.45) is 9.25. The standard InChI is InChI=1S/C25H35N3O3/c1-16(2)25-26-12-14-28(25)13-11-22(29)27-24-19-8-6-5-7-18(19)23(24)17-9-10-20(30-3)21(15-17)31-4/h9-10,12,14-16,18-19,23-24H,5-8,11,13H2,1-4H3,(H,27,29)/t18-,19+,23-,24-/m0/s1. The molecule has 168 valence electrons. The maximum absolute atomic E-state index is 12.9. The minimum absolute atomic E-state index is 0.128. The van der Waals surface area contributed by atoms with Gasteiger partial charge in [0.15, 0.2) is 11.5 Å². The van der Waals surface area contributed by atoms with E-state index in [4.69, 9.17) is 9.47 Å².